The molecule has 2 aromatic carbocycles. The summed E-state index contributed by atoms with van der Waals surface area (Å²) in [7, 11) is -4.33. The maximum atomic E-state index is 12.3. The second-order valence-electron chi connectivity index (χ2n) is 4.68. The molecular formula is C15H15NO6S. The molecule has 0 saturated heterocycles. The van der Waals surface area contributed by atoms with Gasteiger partial charge in [0.15, 0.2) is 4.90 Å². The number of hydrogen-bond donors (Lipinski definition) is 0. The van der Waals surface area contributed by atoms with Gasteiger partial charge in [-0.25, -0.2) is 0 Å². The number of nitro groups is 1. The molecule has 0 N–H and O–H groups in total. The Balaban J connectivity index is 2.41. The van der Waals surface area contributed by atoms with Crippen molar-refractivity contribution >= 4 is 15.8 Å². The van der Waals surface area contributed by atoms with Crippen molar-refractivity contribution in [2.45, 2.75) is 18.7 Å². The van der Waals surface area contributed by atoms with Crippen LogP contribution in [0.25, 0.3) is 0 Å². The molecule has 122 valence electrons. The van der Waals surface area contributed by atoms with Crippen molar-refractivity contribution in [3.05, 3.63) is 58.1 Å². The molecule has 23 heavy (non-hydrogen) atoms. The average Bonchev–Trinajstić information content (AvgIpc) is 2.46. The van der Waals surface area contributed by atoms with Gasteiger partial charge in [-0.05, 0) is 37.6 Å². The smallest absolute Gasteiger partial charge is 0.346 e. The Hall–Kier alpha value is -2.61. The molecule has 0 radical (unpaired) electrons. The molecule has 0 atom stereocenters. The minimum absolute atomic E-state index is 0.0339. The number of hydrogen-bond acceptors (Lipinski definition) is 6. The normalized spacial score (nSPS) is 11.0. The molecule has 0 amide bonds. The molecular weight excluding hydrogens is 322 g/mol. The summed E-state index contributed by atoms with van der Waals surface area (Å²) in [5, 5.41) is 11.0. The number of aryl methyl sites for hydroxylation is 1. The fourth-order valence-corrected chi connectivity index (χ4v) is 3.09. The highest BCUT2D eigenvalue weighted by Crippen LogP contribution is 2.29. The number of benzene rings is 2. The van der Waals surface area contributed by atoms with Crippen LogP contribution in [0.5, 0.6) is 11.5 Å². The van der Waals surface area contributed by atoms with Gasteiger partial charge in [0.05, 0.1) is 11.5 Å². The van der Waals surface area contributed by atoms with Crippen LogP contribution in [-0.4, -0.2) is 19.9 Å². The van der Waals surface area contributed by atoms with Crippen molar-refractivity contribution in [1.82, 2.24) is 0 Å². The van der Waals surface area contributed by atoms with E-state index in [1.54, 1.807) is 19.9 Å². The van der Waals surface area contributed by atoms with Crippen molar-refractivity contribution in [3.8, 4) is 11.5 Å². The summed E-state index contributed by atoms with van der Waals surface area (Å²) in [5.41, 5.74) is 0.203. The first kappa shape index (κ1) is 16.8. The van der Waals surface area contributed by atoms with Gasteiger partial charge in [0.2, 0.25) is 0 Å². The quantitative estimate of drug-likeness (QED) is 0.456. The molecule has 0 aliphatic rings. The number of nitrogens with zero attached hydrogens (tertiary/aromatic N) is 1. The van der Waals surface area contributed by atoms with Crippen molar-refractivity contribution < 1.29 is 22.3 Å². The first-order valence-corrected chi connectivity index (χ1v) is 8.16. The van der Waals surface area contributed by atoms with Crippen LogP contribution in [0.2, 0.25) is 0 Å². The van der Waals surface area contributed by atoms with Gasteiger partial charge in [0.1, 0.15) is 11.5 Å². The number of ether oxygens (including phenoxy) is 1. The molecule has 8 heteroatoms. The molecule has 2 rings (SSSR count). The molecule has 0 heterocycles. The topological polar surface area (TPSA) is 95.7 Å². The first-order valence-electron chi connectivity index (χ1n) is 6.76. The third-order valence-corrected chi connectivity index (χ3v) is 4.17. The Labute approximate surface area is 133 Å². The first-order chi connectivity index (χ1) is 10.8. The van der Waals surface area contributed by atoms with Gasteiger partial charge in [-0.2, -0.15) is 8.42 Å². The highest BCUT2D eigenvalue weighted by atomic mass is 32.2. The molecule has 0 bridgehead atoms. The van der Waals surface area contributed by atoms with Gasteiger partial charge in [-0.15, -0.1) is 0 Å². The van der Waals surface area contributed by atoms with E-state index in [9.17, 15) is 18.5 Å². The van der Waals surface area contributed by atoms with E-state index in [0.29, 0.717) is 12.4 Å². The number of para-hydroxylation sites is 1. The standard InChI is InChI=1S/C15H15NO6S/c1-3-21-12-8-11(2)9-13(10-12)22-23(19,20)15-7-5-4-6-14(15)16(17)18/h4-10H,3H2,1-2H3. The van der Waals surface area contributed by atoms with Crippen LogP contribution in [0, 0.1) is 17.0 Å². The Morgan fingerprint density at radius 3 is 2.43 bits per heavy atom. The van der Waals surface area contributed by atoms with E-state index >= 15 is 0 Å². The lowest BCUT2D eigenvalue weighted by atomic mass is 10.2. The van der Waals surface area contributed by atoms with Gasteiger partial charge in [0.25, 0.3) is 5.69 Å². The second kappa shape index (κ2) is 6.66. The lowest BCUT2D eigenvalue weighted by molar-refractivity contribution is -0.387. The zero-order chi connectivity index (χ0) is 17.0. The third kappa shape index (κ3) is 3.98. The molecule has 0 aliphatic carbocycles. The average molecular weight is 337 g/mol. The maximum Gasteiger partial charge on any atom is 0.346 e. The predicted molar refractivity (Wildman–Crippen MR) is 83.3 cm³/mol. The van der Waals surface area contributed by atoms with Gasteiger partial charge < -0.3 is 8.92 Å². The lowest BCUT2D eigenvalue weighted by Crippen LogP contribution is -2.12. The van der Waals surface area contributed by atoms with E-state index < -0.39 is 25.6 Å². The molecule has 0 spiro atoms. The summed E-state index contributed by atoms with van der Waals surface area (Å²) in [6.45, 7) is 3.97. The van der Waals surface area contributed by atoms with Crippen molar-refractivity contribution in [2.24, 2.45) is 0 Å². The third-order valence-electron chi connectivity index (χ3n) is 2.87. The van der Waals surface area contributed by atoms with E-state index in [2.05, 4.69) is 0 Å². The summed E-state index contributed by atoms with van der Waals surface area (Å²) >= 11 is 0. The van der Waals surface area contributed by atoms with Crippen molar-refractivity contribution in [2.75, 3.05) is 6.61 Å². The highest BCUT2D eigenvalue weighted by Gasteiger charge is 2.27. The Morgan fingerprint density at radius 2 is 1.78 bits per heavy atom. The molecule has 7 nitrogen and oxygen atoms in total. The molecule has 0 saturated carbocycles. The van der Waals surface area contributed by atoms with Crippen LogP contribution in [0.1, 0.15) is 12.5 Å². The predicted octanol–water partition coefficient (Wildman–Crippen LogP) is 3.07. The van der Waals surface area contributed by atoms with Crippen LogP contribution in [-0.2, 0) is 10.1 Å². The van der Waals surface area contributed by atoms with Crippen LogP contribution < -0.4 is 8.92 Å². The van der Waals surface area contributed by atoms with Crippen LogP contribution >= 0.6 is 0 Å². The number of nitro benzene ring substituents is 1. The summed E-state index contributed by atoms with van der Waals surface area (Å²) in [4.78, 5) is 9.72. The second-order valence-corrected chi connectivity index (χ2v) is 6.19. The monoisotopic (exact) mass is 337 g/mol. The van der Waals surface area contributed by atoms with Gasteiger partial charge >= 0.3 is 10.1 Å². The van der Waals surface area contributed by atoms with Crippen LogP contribution in [0.4, 0.5) is 5.69 Å². The zero-order valence-electron chi connectivity index (χ0n) is 12.6. The Morgan fingerprint density at radius 1 is 1.13 bits per heavy atom. The summed E-state index contributed by atoms with van der Waals surface area (Å²) in [6.07, 6.45) is 0. The molecule has 0 aromatic heterocycles. The molecule has 2 aromatic rings. The Kier molecular flexibility index (Phi) is 4.85. The van der Waals surface area contributed by atoms with E-state index in [1.165, 1.54) is 24.3 Å². The van der Waals surface area contributed by atoms with E-state index in [4.69, 9.17) is 8.92 Å². The van der Waals surface area contributed by atoms with Crippen LogP contribution in [0.3, 0.4) is 0 Å². The van der Waals surface area contributed by atoms with E-state index in [0.717, 1.165) is 17.7 Å². The van der Waals surface area contributed by atoms with E-state index in [1.807, 2.05) is 0 Å². The summed E-state index contributed by atoms with van der Waals surface area (Å²) < 4.78 is 35.0. The summed E-state index contributed by atoms with van der Waals surface area (Å²) in [6, 6.07) is 9.68. The van der Waals surface area contributed by atoms with Crippen molar-refractivity contribution in [3.63, 3.8) is 0 Å². The number of rotatable bonds is 6. The van der Waals surface area contributed by atoms with Crippen molar-refractivity contribution in [1.29, 1.82) is 0 Å². The molecule has 0 fully saturated rings. The van der Waals surface area contributed by atoms with Gasteiger partial charge in [-0.3, -0.25) is 10.1 Å². The fourth-order valence-electron chi connectivity index (χ4n) is 2.00. The van der Waals surface area contributed by atoms with Gasteiger partial charge in [0, 0.05) is 12.1 Å². The SMILES string of the molecule is CCOc1cc(C)cc(OS(=O)(=O)c2ccccc2[N+](=O)[O-])c1. The van der Waals surface area contributed by atoms with Crippen LogP contribution in [0.15, 0.2) is 47.4 Å². The largest absolute Gasteiger partial charge is 0.494 e. The Bertz CT molecular complexity index is 832. The minimum atomic E-state index is -4.33. The van der Waals surface area contributed by atoms with Gasteiger partial charge in [-0.1, -0.05) is 12.1 Å². The highest BCUT2D eigenvalue weighted by molar-refractivity contribution is 7.87. The minimum Gasteiger partial charge on any atom is -0.494 e. The summed E-state index contributed by atoms with van der Waals surface area (Å²) in [5.74, 6) is 0.492. The zero-order valence-corrected chi connectivity index (χ0v) is 13.4. The lowest BCUT2D eigenvalue weighted by Gasteiger charge is -2.10. The fraction of sp³-hybridized carbons (Fsp3) is 0.200. The maximum absolute atomic E-state index is 12.3. The van der Waals surface area contributed by atoms with E-state index in [-0.39, 0.29) is 5.75 Å². The molecule has 0 aliphatic heterocycles. The molecule has 0 unspecified atom stereocenters.